The number of ketones is 1. The smallest absolute Gasteiger partial charge is 0.343 e. The molecule has 0 spiro atoms. The third-order valence-corrected chi connectivity index (χ3v) is 5.01. The van der Waals surface area contributed by atoms with Crippen molar-refractivity contribution in [1.29, 1.82) is 0 Å². The van der Waals surface area contributed by atoms with Gasteiger partial charge in [-0.05, 0) is 59.0 Å². The molecule has 0 bridgehead atoms. The van der Waals surface area contributed by atoms with E-state index in [1.165, 1.54) is 18.2 Å². The Balaban J connectivity index is 1.50. The number of halogens is 1. The van der Waals surface area contributed by atoms with Crippen LogP contribution < -0.4 is 9.47 Å². The first kappa shape index (κ1) is 20.5. The van der Waals surface area contributed by atoms with Crippen LogP contribution in [0.5, 0.6) is 11.5 Å². The summed E-state index contributed by atoms with van der Waals surface area (Å²) in [7, 11) is 0. The van der Waals surface area contributed by atoms with Gasteiger partial charge in [0.25, 0.3) is 0 Å². The third kappa shape index (κ3) is 4.40. The van der Waals surface area contributed by atoms with Gasteiger partial charge < -0.3 is 9.47 Å². The fourth-order valence-electron chi connectivity index (χ4n) is 3.21. The van der Waals surface area contributed by atoms with Gasteiger partial charge in [0.1, 0.15) is 17.3 Å². The van der Waals surface area contributed by atoms with E-state index in [0.29, 0.717) is 22.4 Å². The number of Topliss-reactive ketones (excluding diaryl/α,β-unsaturated/α-hetero) is 1. The zero-order valence-corrected chi connectivity index (χ0v) is 17.4. The molecule has 0 fully saturated rings. The normalized spacial score (nSPS) is 14.3. The van der Waals surface area contributed by atoms with Crippen molar-refractivity contribution in [3.05, 3.63) is 101 Å². The molecule has 0 saturated heterocycles. The molecule has 5 heteroatoms. The Morgan fingerprint density at radius 2 is 1.65 bits per heavy atom. The maximum absolute atomic E-state index is 13.1. The summed E-state index contributed by atoms with van der Waals surface area (Å²) in [5.41, 5.74) is 2.56. The van der Waals surface area contributed by atoms with Gasteiger partial charge in [0.05, 0.1) is 11.1 Å². The molecule has 0 unspecified atom stereocenters. The molecular formula is C26H21FO4. The van der Waals surface area contributed by atoms with Crippen molar-refractivity contribution >= 4 is 17.8 Å². The Labute approximate surface area is 179 Å². The molecule has 1 aliphatic heterocycles. The monoisotopic (exact) mass is 416 g/mol. The molecule has 156 valence electrons. The molecule has 31 heavy (non-hydrogen) atoms. The van der Waals surface area contributed by atoms with Crippen LogP contribution in [0.1, 0.15) is 52.6 Å². The molecule has 0 N–H and O–H groups in total. The molecule has 1 heterocycles. The number of hydrogen-bond acceptors (Lipinski definition) is 4. The molecule has 3 aromatic carbocycles. The SMILES string of the molecule is CC(C)(C)c1ccc(C(=O)Oc2ccc3c(c2)O/C(=C\c2ccc(F)cc2)C3=O)cc1. The molecule has 1 aliphatic rings. The predicted octanol–water partition coefficient (Wildman–Crippen LogP) is 5.96. The van der Waals surface area contributed by atoms with Crippen molar-refractivity contribution in [3.63, 3.8) is 0 Å². The molecule has 0 aromatic heterocycles. The molecule has 0 aliphatic carbocycles. The molecule has 4 rings (SSSR count). The highest BCUT2D eigenvalue weighted by molar-refractivity contribution is 6.14. The number of rotatable bonds is 3. The molecule has 0 atom stereocenters. The number of ether oxygens (including phenoxy) is 2. The van der Waals surface area contributed by atoms with Gasteiger partial charge >= 0.3 is 5.97 Å². The average molecular weight is 416 g/mol. The quantitative estimate of drug-likeness (QED) is 0.300. The molecule has 0 saturated carbocycles. The third-order valence-electron chi connectivity index (χ3n) is 5.01. The van der Waals surface area contributed by atoms with Gasteiger partial charge in [-0.3, -0.25) is 4.79 Å². The minimum Gasteiger partial charge on any atom is -0.452 e. The summed E-state index contributed by atoms with van der Waals surface area (Å²) in [6.07, 6.45) is 1.55. The number of fused-ring (bicyclic) bond motifs is 1. The van der Waals surface area contributed by atoms with E-state index >= 15 is 0 Å². The van der Waals surface area contributed by atoms with Crippen molar-refractivity contribution in [2.24, 2.45) is 0 Å². The van der Waals surface area contributed by atoms with Gasteiger partial charge in [0, 0.05) is 6.07 Å². The zero-order chi connectivity index (χ0) is 22.2. The number of carbonyl (C=O) groups is 2. The minimum atomic E-state index is -0.494. The van der Waals surface area contributed by atoms with Gasteiger partial charge in [-0.2, -0.15) is 0 Å². The number of esters is 1. The van der Waals surface area contributed by atoms with Gasteiger partial charge in [0.15, 0.2) is 5.76 Å². The molecule has 0 radical (unpaired) electrons. The lowest BCUT2D eigenvalue weighted by atomic mass is 9.87. The Hall–Kier alpha value is -3.73. The highest BCUT2D eigenvalue weighted by Crippen LogP contribution is 2.35. The number of allylic oxidation sites excluding steroid dienone is 1. The standard InChI is InChI=1S/C26H21FO4/c1-26(2,3)18-8-6-17(7-9-18)25(29)30-20-12-13-21-22(15-20)31-23(24(21)28)14-16-4-10-19(27)11-5-16/h4-15H,1-3H3/b23-14-. The Morgan fingerprint density at radius 3 is 2.29 bits per heavy atom. The predicted molar refractivity (Wildman–Crippen MR) is 116 cm³/mol. The number of hydrogen-bond donors (Lipinski definition) is 0. The summed E-state index contributed by atoms with van der Waals surface area (Å²) < 4.78 is 24.2. The van der Waals surface area contributed by atoms with Crippen LogP contribution in [0.4, 0.5) is 4.39 Å². The highest BCUT2D eigenvalue weighted by atomic mass is 19.1. The molecule has 4 nitrogen and oxygen atoms in total. The lowest BCUT2D eigenvalue weighted by Gasteiger charge is -2.18. The lowest BCUT2D eigenvalue weighted by Crippen LogP contribution is -2.12. The second-order valence-corrected chi connectivity index (χ2v) is 8.37. The molecule has 3 aromatic rings. The van der Waals surface area contributed by atoms with Crippen LogP contribution in [0.15, 0.2) is 72.5 Å². The van der Waals surface area contributed by atoms with Crippen molar-refractivity contribution in [3.8, 4) is 11.5 Å². The fourth-order valence-corrected chi connectivity index (χ4v) is 3.21. The van der Waals surface area contributed by atoms with E-state index in [0.717, 1.165) is 5.56 Å². The lowest BCUT2D eigenvalue weighted by molar-refractivity contribution is 0.0734. The van der Waals surface area contributed by atoms with Crippen LogP contribution in [0.2, 0.25) is 0 Å². The number of benzene rings is 3. The highest BCUT2D eigenvalue weighted by Gasteiger charge is 2.28. The largest absolute Gasteiger partial charge is 0.452 e. The maximum Gasteiger partial charge on any atom is 0.343 e. The van der Waals surface area contributed by atoms with Gasteiger partial charge in [-0.15, -0.1) is 0 Å². The Kier molecular flexibility index (Phi) is 5.19. The van der Waals surface area contributed by atoms with Crippen molar-refractivity contribution in [1.82, 2.24) is 0 Å². The maximum atomic E-state index is 13.1. The van der Waals surface area contributed by atoms with Crippen molar-refractivity contribution in [2.75, 3.05) is 0 Å². The second-order valence-electron chi connectivity index (χ2n) is 8.37. The average Bonchev–Trinajstić information content (AvgIpc) is 3.04. The van der Waals surface area contributed by atoms with E-state index in [9.17, 15) is 14.0 Å². The topological polar surface area (TPSA) is 52.6 Å². The fraction of sp³-hybridized carbons (Fsp3) is 0.154. The van der Waals surface area contributed by atoms with Crippen molar-refractivity contribution in [2.45, 2.75) is 26.2 Å². The summed E-state index contributed by atoms with van der Waals surface area (Å²) in [5, 5.41) is 0. The minimum absolute atomic E-state index is 0.00850. The van der Waals surface area contributed by atoms with E-state index in [1.54, 1.807) is 42.5 Å². The van der Waals surface area contributed by atoms with Gasteiger partial charge in [-0.1, -0.05) is 45.0 Å². The van der Waals surface area contributed by atoms with E-state index in [1.807, 2.05) is 12.1 Å². The summed E-state index contributed by atoms with van der Waals surface area (Å²) in [4.78, 5) is 25.1. The van der Waals surface area contributed by atoms with E-state index < -0.39 is 5.97 Å². The van der Waals surface area contributed by atoms with Crippen LogP contribution >= 0.6 is 0 Å². The van der Waals surface area contributed by atoms with Crippen LogP contribution in [0.3, 0.4) is 0 Å². The molecular weight excluding hydrogens is 395 g/mol. The van der Waals surface area contributed by atoms with Gasteiger partial charge in [-0.25, -0.2) is 9.18 Å². The summed E-state index contributed by atoms with van der Waals surface area (Å²) in [5.74, 6) is -0.417. The van der Waals surface area contributed by atoms with Crippen LogP contribution in [0.25, 0.3) is 6.08 Å². The van der Waals surface area contributed by atoms with E-state index in [2.05, 4.69) is 20.8 Å². The first-order valence-electron chi connectivity index (χ1n) is 9.87. The number of carbonyl (C=O) groups excluding carboxylic acids is 2. The van der Waals surface area contributed by atoms with Gasteiger partial charge in [0.2, 0.25) is 5.78 Å². The molecule has 0 amide bonds. The zero-order valence-electron chi connectivity index (χ0n) is 17.4. The van der Waals surface area contributed by atoms with E-state index in [4.69, 9.17) is 9.47 Å². The summed E-state index contributed by atoms with van der Waals surface area (Å²) in [6.45, 7) is 6.31. The first-order valence-corrected chi connectivity index (χ1v) is 9.87. The summed E-state index contributed by atoms with van der Waals surface area (Å²) in [6, 6.07) is 17.7. The first-order chi connectivity index (χ1) is 14.7. The van der Waals surface area contributed by atoms with E-state index in [-0.39, 0.29) is 28.5 Å². The van der Waals surface area contributed by atoms with Crippen molar-refractivity contribution < 1.29 is 23.5 Å². The Bertz CT molecular complexity index is 1180. The second kappa shape index (κ2) is 7.84. The van der Waals surface area contributed by atoms with Crippen LogP contribution in [-0.4, -0.2) is 11.8 Å². The van der Waals surface area contributed by atoms with Crippen LogP contribution in [-0.2, 0) is 5.41 Å². The Morgan fingerprint density at radius 1 is 0.968 bits per heavy atom. The van der Waals surface area contributed by atoms with Crippen LogP contribution in [0, 0.1) is 5.82 Å². The summed E-state index contributed by atoms with van der Waals surface area (Å²) >= 11 is 0.